The molecule has 26 heavy (non-hydrogen) atoms. The van der Waals surface area contributed by atoms with Crippen LogP contribution in [0.2, 0.25) is 0 Å². The van der Waals surface area contributed by atoms with Crippen LogP contribution in [0.1, 0.15) is 11.1 Å². The molecule has 4 rings (SSSR count). The molecule has 3 aromatic rings. The van der Waals surface area contributed by atoms with Gasteiger partial charge in [-0.3, -0.25) is 4.72 Å². The third-order valence-electron chi connectivity index (χ3n) is 3.99. The van der Waals surface area contributed by atoms with Gasteiger partial charge >= 0.3 is 0 Å². The highest BCUT2D eigenvalue weighted by atomic mass is 32.2. The topological polar surface area (TPSA) is 111 Å². The summed E-state index contributed by atoms with van der Waals surface area (Å²) in [4.78, 5) is 4.19. The van der Waals surface area contributed by atoms with E-state index in [4.69, 9.17) is 4.74 Å². The highest BCUT2D eigenvalue weighted by Crippen LogP contribution is 2.30. The molecule has 0 amide bonds. The summed E-state index contributed by atoms with van der Waals surface area (Å²) in [6, 6.07) is 3.01. The number of rotatable bonds is 5. The van der Waals surface area contributed by atoms with Crippen molar-refractivity contribution in [2.75, 3.05) is 22.9 Å². The molecule has 0 aliphatic carbocycles. The molecular weight excluding hydrogens is 363 g/mol. The van der Waals surface area contributed by atoms with Gasteiger partial charge in [-0.15, -0.1) is 10.2 Å². The Balaban J connectivity index is 1.65. The molecule has 9 nitrogen and oxygen atoms in total. The zero-order valence-electron chi connectivity index (χ0n) is 13.7. The van der Waals surface area contributed by atoms with Crippen LogP contribution in [0.25, 0.3) is 5.65 Å². The van der Waals surface area contributed by atoms with Crippen molar-refractivity contribution in [2.45, 2.75) is 13.0 Å². The molecule has 0 atom stereocenters. The molecule has 0 unspecified atom stereocenters. The van der Waals surface area contributed by atoms with Crippen molar-refractivity contribution in [2.24, 2.45) is 0 Å². The summed E-state index contributed by atoms with van der Waals surface area (Å²) in [5, 5.41) is 10.7. The number of sulfonamides is 1. The lowest BCUT2D eigenvalue weighted by molar-refractivity contribution is 0.356. The number of nitrogens with one attached hydrogen (secondary N) is 2. The van der Waals surface area contributed by atoms with Crippen molar-refractivity contribution in [1.29, 1.82) is 0 Å². The van der Waals surface area contributed by atoms with Crippen molar-refractivity contribution in [3.8, 4) is 5.75 Å². The monoisotopic (exact) mass is 378 g/mol. The summed E-state index contributed by atoms with van der Waals surface area (Å²) in [6.45, 7) is 0.725. The van der Waals surface area contributed by atoms with Gasteiger partial charge in [0.15, 0.2) is 5.65 Å². The fraction of sp³-hybridized carbons (Fsp3) is 0.267. The lowest BCUT2D eigenvalue weighted by Gasteiger charge is -2.12. The maximum absolute atomic E-state index is 14.2. The van der Waals surface area contributed by atoms with Gasteiger partial charge < -0.3 is 10.1 Å². The molecule has 0 fully saturated rings. The maximum Gasteiger partial charge on any atom is 0.229 e. The highest BCUT2D eigenvalue weighted by Gasteiger charge is 2.20. The van der Waals surface area contributed by atoms with Gasteiger partial charge in [0, 0.05) is 24.1 Å². The van der Waals surface area contributed by atoms with Crippen molar-refractivity contribution < 1.29 is 17.5 Å². The van der Waals surface area contributed by atoms with Gasteiger partial charge in [0.1, 0.15) is 23.6 Å². The average Bonchev–Trinajstić information content (AvgIpc) is 3.23. The second-order valence-corrected chi connectivity index (χ2v) is 7.60. The number of ether oxygens (including phenoxy) is 1. The Labute approximate surface area is 148 Å². The molecule has 0 bridgehead atoms. The molecule has 0 radical (unpaired) electrons. The van der Waals surface area contributed by atoms with Crippen LogP contribution in [-0.2, 0) is 23.0 Å². The van der Waals surface area contributed by atoms with Gasteiger partial charge in [0.2, 0.25) is 16.0 Å². The van der Waals surface area contributed by atoms with Crippen LogP contribution in [0, 0.1) is 5.82 Å². The van der Waals surface area contributed by atoms with Gasteiger partial charge in [-0.05, 0) is 12.1 Å². The summed E-state index contributed by atoms with van der Waals surface area (Å²) < 4.78 is 46.4. The Morgan fingerprint density at radius 3 is 3.04 bits per heavy atom. The third-order valence-corrected chi connectivity index (χ3v) is 4.58. The van der Waals surface area contributed by atoms with Crippen LogP contribution in [0.5, 0.6) is 5.75 Å². The first-order valence-electron chi connectivity index (χ1n) is 7.76. The molecule has 1 aromatic carbocycles. The lowest BCUT2D eigenvalue weighted by Crippen LogP contribution is -2.13. The quantitative estimate of drug-likeness (QED) is 0.686. The normalized spacial score (nSPS) is 13.5. The molecule has 0 saturated heterocycles. The minimum absolute atomic E-state index is 0.192. The molecule has 1 aliphatic heterocycles. The molecule has 1 aliphatic rings. The van der Waals surface area contributed by atoms with E-state index in [0.29, 0.717) is 30.3 Å². The summed E-state index contributed by atoms with van der Waals surface area (Å²) in [5.41, 5.74) is 1.85. The van der Waals surface area contributed by atoms with E-state index in [1.807, 2.05) is 0 Å². The molecule has 2 N–H and O–H groups in total. The van der Waals surface area contributed by atoms with Crippen molar-refractivity contribution in [3.63, 3.8) is 0 Å². The van der Waals surface area contributed by atoms with E-state index in [1.54, 1.807) is 6.07 Å². The molecule has 136 valence electrons. The molecule has 11 heteroatoms. The minimum atomic E-state index is -3.48. The van der Waals surface area contributed by atoms with Crippen LogP contribution >= 0.6 is 0 Å². The zero-order chi connectivity index (χ0) is 18.3. The standard InChI is InChI=1S/C15H15FN6O3S/c1-26(23,24)21-12-7-18-15(22-8-19-20-14(12)22)17-6-10-9-4-5-25-13(9)3-2-11(10)16/h2-3,7-8,21H,4-6H2,1H3,(H,17,18). The van der Waals surface area contributed by atoms with E-state index < -0.39 is 10.0 Å². The maximum atomic E-state index is 14.2. The number of anilines is 2. The van der Waals surface area contributed by atoms with Crippen LogP contribution in [-0.4, -0.2) is 40.9 Å². The van der Waals surface area contributed by atoms with Gasteiger partial charge in [-0.25, -0.2) is 22.2 Å². The molecule has 3 heterocycles. The Morgan fingerprint density at radius 2 is 2.23 bits per heavy atom. The van der Waals surface area contributed by atoms with E-state index in [1.165, 1.54) is 23.0 Å². The highest BCUT2D eigenvalue weighted by molar-refractivity contribution is 7.92. The molecular formula is C15H15FN6O3S. The predicted molar refractivity (Wildman–Crippen MR) is 92.2 cm³/mol. The Morgan fingerprint density at radius 1 is 1.38 bits per heavy atom. The zero-order valence-corrected chi connectivity index (χ0v) is 14.5. The van der Waals surface area contributed by atoms with Crippen molar-refractivity contribution in [3.05, 3.63) is 41.6 Å². The van der Waals surface area contributed by atoms with Gasteiger partial charge in [-0.1, -0.05) is 0 Å². The smallest absolute Gasteiger partial charge is 0.229 e. The van der Waals surface area contributed by atoms with Gasteiger partial charge in [0.25, 0.3) is 0 Å². The Hall–Kier alpha value is -2.95. The van der Waals surface area contributed by atoms with Gasteiger partial charge in [0.05, 0.1) is 19.1 Å². The number of nitrogens with zero attached hydrogens (tertiary/aromatic N) is 4. The fourth-order valence-corrected chi connectivity index (χ4v) is 3.44. The van der Waals surface area contributed by atoms with E-state index >= 15 is 0 Å². The lowest BCUT2D eigenvalue weighted by atomic mass is 10.0. The number of aromatic nitrogens is 4. The van der Waals surface area contributed by atoms with E-state index in [0.717, 1.165) is 11.8 Å². The number of hydrogen-bond donors (Lipinski definition) is 2. The number of benzene rings is 1. The first-order valence-corrected chi connectivity index (χ1v) is 9.65. The summed E-state index contributed by atoms with van der Waals surface area (Å²) in [7, 11) is -3.48. The third kappa shape index (κ3) is 3.01. The molecule has 0 saturated carbocycles. The van der Waals surface area contributed by atoms with Crippen LogP contribution in [0.3, 0.4) is 0 Å². The molecule has 2 aromatic heterocycles. The first kappa shape index (κ1) is 16.5. The van der Waals surface area contributed by atoms with E-state index in [9.17, 15) is 12.8 Å². The van der Waals surface area contributed by atoms with Crippen LogP contribution in [0.4, 0.5) is 16.0 Å². The minimum Gasteiger partial charge on any atom is -0.493 e. The first-order chi connectivity index (χ1) is 12.4. The summed E-state index contributed by atoms with van der Waals surface area (Å²) in [5.74, 6) is 0.732. The van der Waals surface area contributed by atoms with Crippen LogP contribution < -0.4 is 14.8 Å². The van der Waals surface area contributed by atoms with E-state index in [-0.39, 0.29) is 23.7 Å². The largest absolute Gasteiger partial charge is 0.493 e. The Bertz CT molecular complexity index is 1100. The number of hydrogen-bond acceptors (Lipinski definition) is 7. The molecule has 0 spiro atoms. The number of halogens is 1. The van der Waals surface area contributed by atoms with Gasteiger partial charge in [-0.2, -0.15) is 0 Å². The SMILES string of the molecule is CS(=O)(=O)Nc1cnc(NCc2c(F)ccc3c2CCO3)n2cnnc12. The average molecular weight is 378 g/mol. The van der Waals surface area contributed by atoms with E-state index in [2.05, 4.69) is 25.2 Å². The van der Waals surface area contributed by atoms with Crippen molar-refractivity contribution in [1.82, 2.24) is 19.6 Å². The summed E-state index contributed by atoms with van der Waals surface area (Å²) >= 11 is 0. The Kier molecular flexibility index (Phi) is 3.87. The van der Waals surface area contributed by atoms with Crippen molar-refractivity contribution >= 4 is 27.3 Å². The fourth-order valence-electron chi connectivity index (χ4n) is 2.90. The number of fused-ring (bicyclic) bond motifs is 2. The van der Waals surface area contributed by atoms with Crippen LogP contribution in [0.15, 0.2) is 24.7 Å². The second kappa shape index (κ2) is 6.09. The second-order valence-electron chi connectivity index (χ2n) is 5.85. The predicted octanol–water partition coefficient (Wildman–Crippen LogP) is 1.18. The summed E-state index contributed by atoms with van der Waals surface area (Å²) in [6.07, 6.45) is 4.42.